The lowest BCUT2D eigenvalue weighted by molar-refractivity contribution is -0.0305. The minimum absolute atomic E-state index is 0.281. The molecule has 4 nitrogen and oxygen atoms in total. The zero-order chi connectivity index (χ0) is 8.97. The van der Waals surface area contributed by atoms with Gasteiger partial charge in [0.25, 0.3) is 0 Å². The number of β-amino-alcohol motifs (C(OH)–C–C–N with tert-alkyl or cyclic N) is 1. The van der Waals surface area contributed by atoms with Gasteiger partial charge in [0.15, 0.2) is 0 Å². The molecule has 2 atom stereocenters. The van der Waals surface area contributed by atoms with Crippen LogP contribution in [-0.2, 0) is 4.74 Å². The van der Waals surface area contributed by atoms with Crippen LogP contribution >= 0.6 is 0 Å². The van der Waals surface area contributed by atoms with E-state index in [1.807, 2.05) is 6.92 Å². The summed E-state index contributed by atoms with van der Waals surface area (Å²) < 4.78 is 5.37. The number of aliphatic hydroxyl groups is 1. The lowest BCUT2D eigenvalue weighted by Gasteiger charge is -2.32. The van der Waals surface area contributed by atoms with E-state index in [0.29, 0.717) is 13.1 Å². The van der Waals surface area contributed by atoms with Crippen molar-refractivity contribution >= 4 is 0 Å². The van der Waals surface area contributed by atoms with Crippen LogP contribution in [-0.4, -0.2) is 55.0 Å². The molecule has 0 aliphatic carbocycles. The normalized spacial score (nSPS) is 28.8. The van der Waals surface area contributed by atoms with Gasteiger partial charge in [0.2, 0.25) is 0 Å². The van der Waals surface area contributed by atoms with E-state index in [0.717, 1.165) is 19.7 Å². The number of aliphatic hydroxyl groups excluding tert-OH is 1. The Labute approximate surface area is 73.3 Å². The molecule has 0 bridgehead atoms. The molecule has 0 aromatic carbocycles. The Bertz CT molecular complexity index is 132. The van der Waals surface area contributed by atoms with Gasteiger partial charge in [-0.25, -0.2) is 0 Å². The van der Waals surface area contributed by atoms with E-state index in [9.17, 15) is 5.11 Å². The van der Waals surface area contributed by atoms with Crippen molar-refractivity contribution in [3.63, 3.8) is 0 Å². The van der Waals surface area contributed by atoms with Crippen LogP contribution in [0.3, 0.4) is 0 Å². The Balaban J connectivity index is 2.22. The smallest absolute Gasteiger partial charge is 0.0789 e. The molecule has 1 saturated heterocycles. The number of ether oxygens (including phenoxy) is 1. The number of morpholine rings is 1. The van der Waals surface area contributed by atoms with Crippen LogP contribution in [0.5, 0.6) is 0 Å². The maximum atomic E-state index is 9.29. The third-order valence-electron chi connectivity index (χ3n) is 2.07. The van der Waals surface area contributed by atoms with Crippen LogP contribution in [0.1, 0.15) is 6.92 Å². The molecule has 1 fully saturated rings. The van der Waals surface area contributed by atoms with E-state index in [-0.39, 0.29) is 6.10 Å². The summed E-state index contributed by atoms with van der Waals surface area (Å²) in [5.41, 5.74) is 5.32. The minimum atomic E-state index is -0.393. The van der Waals surface area contributed by atoms with Gasteiger partial charge in [-0.05, 0) is 6.92 Å². The number of hydrogen-bond acceptors (Lipinski definition) is 4. The zero-order valence-electron chi connectivity index (χ0n) is 7.57. The Morgan fingerprint density at radius 1 is 1.75 bits per heavy atom. The molecule has 0 amide bonds. The Morgan fingerprint density at radius 2 is 2.50 bits per heavy atom. The Morgan fingerprint density at radius 3 is 3.08 bits per heavy atom. The SMILES string of the molecule is CC1CN(C[C@H](O)CN)CCO1. The van der Waals surface area contributed by atoms with Gasteiger partial charge >= 0.3 is 0 Å². The second-order valence-electron chi connectivity index (χ2n) is 3.33. The van der Waals surface area contributed by atoms with E-state index < -0.39 is 6.10 Å². The van der Waals surface area contributed by atoms with Crippen molar-refractivity contribution in [1.29, 1.82) is 0 Å². The first-order valence-corrected chi connectivity index (χ1v) is 4.44. The molecule has 0 aromatic heterocycles. The highest BCUT2D eigenvalue weighted by molar-refractivity contribution is 4.71. The van der Waals surface area contributed by atoms with Crippen molar-refractivity contribution in [1.82, 2.24) is 4.90 Å². The van der Waals surface area contributed by atoms with Crippen molar-refractivity contribution in [2.75, 3.05) is 32.8 Å². The molecule has 0 aromatic rings. The molecule has 1 aliphatic heterocycles. The van der Waals surface area contributed by atoms with Crippen LogP contribution < -0.4 is 5.73 Å². The van der Waals surface area contributed by atoms with Crippen molar-refractivity contribution in [2.45, 2.75) is 19.1 Å². The largest absolute Gasteiger partial charge is 0.390 e. The highest BCUT2D eigenvalue weighted by atomic mass is 16.5. The molecule has 1 rings (SSSR count). The van der Waals surface area contributed by atoms with E-state index >= 15 is 0 Å². The summed E-state index contributed by atoms with van der Waals surface area (Å²) in [6, 6.07) is 0. The van der Waals surface area contributed by atoms with Gasteiger partial charge in [-0.2, -0.15) is 0 Å². The lowest BCUT2D eigenvalue weighted by Crippen LogP contribution is -2.45. The average molecular weight is 174 g/mol. The maximum absolute atomic E-state index is 9.29. The number of rotatable bonds is 3. The minimum Gasteiger partial charge on any atom is -0.390 e. The van der Waals surface area contributed by atoms with Crippen LogP contribution in [0.2, 0.25) is 0 Å². The molecule has 1 heterocycles. The summed E-state index contributed by atoms with van der Waals surface area (Å²) in [4.78, 5) is 2.19. The molecule has 12 heavy (non-hydrogen) atoms. The van der Waals surface area contributed by atoms with Crippen molar-refractivity contribution in [3.8, 4) is 0 Å². The van der Waals surface area contributed by atoms with Gasteiger partial charge < -0.3 is 15.6 Å². The summed E-state index contributed by atoms with van der Waals surface area (Å²) >= 11 is 0. The van der Waals surface area contributed by atoms with Crippen molar-refractivity contribution in [2.24, 2.45) is 5.73 Å². The number of nitrogens with two attached hydrogens (primary N) is 1. The molecule has 1 aliphatic rings. The Kier molecular flexibility index (Phi) is 3.94. The van der Waals surface area contributed by atoms with Gasteiger partial charge in [-0.15, -0.1) is 0 Å². The molecule has 1 unspecified atom stereocenters. The van der Waals surface area contributed by atoms with E-state index in [4.69, 9.17) is 10.5 Å². The van der Waals surface area contributed by atoms with Gasteiger partial charge in [-0.3, -0.25) is 4.90 Å². The van der Waals surface area contributed by atoms with Crippen LogP contribution in [0.4, 0.5) is 0 Å². The summed E-state index contributed by atoms with van der Waals surface area (Å²) in [6.45, 7) is 5.62. The summed E-state index contributed by atoms with van der Waals surface area (Å²) in [7, 11) is 0. The fourth-order valence-electron chi connectivity index (χ4n) is 1.43. The second-order valence-corrected chi connectivity index (χ2v) is 3.33. The topological polar surface area (TPSA) is 58.7 Å². The third-order valence-corrected chi connectivity index (χ3v) is 2.07. The fraction of sp³-hybridized carbons (Fsp3) is 1.00. The van der Waals surface area contributed by atoms with Crippen LogP contribution in [0.25, 0.3) is 0 Å². The first-order chi connectivity index (χ1) is 5.72. The third kappa shape index (κ3) is 3.06. The average Bonchev–Trinajstić information content (AvgIpc) is 2.04. The summed E-state index contributed by atoms with van der Waals surface area (Å²) in [6.07, 6.45) is -0.112. The molecule has 0 radical (unpaired) electrons. The van der Waals surface area contributed by atoms with E-state index in [1.54, 1.807) is 0 Å². The highest BCUT2D eigenvalue weighted by Gasteiger charge is 2.18. The quantitative estimate of drug-likeness (QED) is 0.578. The summed E-state index contributed by atoms with van der Waals surface area (Å²) in [5.74, 6) is 0. The molecule has 0 spiro atoms. The van der Waals surface area contributed by atoms with Gasteiger partial charge in [0, 0.05) is 26.2 Å². The van der Waals surface area contributed by atoms with Crippen LogP contribution in [0, 0.1) is 0 Å². The Hall–Kier alpha value is -0.160. The lowest BCUT2D eigenvalue weighted by atomic mass is 10.2. The van der Waals surface area contributed by atoms with Crippen molar-refractivity contribution in [3.05, 3.63) is 0 Å². The summed E-state index contributed by atoms with van der Waals surface area (Å²) in [5, 5.41) is 9.29. The zero-order valence-corrected chi connectivity index (χ0v) is 7.57. The first kappa shape index (κ1) is 9.92. The molecular weight excluding hydrogens is 156 g/mol. The maximum Gasteiger partial charge on any atom is 0.0789 e. The molecule has 0 saturated carbocycles. The van der Waals surface area contributed by atoms with Crippen LogP contribution in [0.15, 0.2) is 0 Å². The predicted octanol–water partition coefficient (Wildman–Crippen LogP) is -0.973. The predicted molar refractivity (Wildman–Crippen MR) is 46.9 cm³/mol. The van der Waals surface area contributed by atoms with Gasteiger partial charge in [0.05, 0.1) is 18.8 Å². The molecular formula is C8H18N2O2. The van der Waals surface area contributed by atoms with E-state index in [2.05, 4.69) is 4.90 Å². The highest BCUT2D eigenvalue weighted by Crippen LogP contribution is 2.04. The standard InChI is InChI=1S/C8H18N2O2/c1-7-5-10(2-3-12-7)6-8(11)4-9/h7-8,11H,2-6,9H2,1H3/t7?,8-/m1/s1. The number of nitrogens with zero attached hydrogens (tertiary/aromatic N) is 1. The second kappa shape index (κ2) is 4.77. The molecule has 3 N–H and O–H groups in total. The number of hydrogen-bond donors (Lipinski definition) is 2. The van der Waals surface area contributed by atoms with E-state index in [1.165, 1.54) is 0 Å². The molecule has 4 heteroatoms. The molecule has 72 valence electrons. The van der Waals surface area contributed by atoms with Gasteiger partial charge in [-0.1, -0.05) is 0 Å². The van der Waals surface area contributed by atoms with Gasteiger partial charge in [0.1, 0.15) is 0 Å². The first-order valence-electron chi connectivity index (χ1n) is 4.44. The monoisotopic (exact) mass is 174 g/mol. The fourth-order valence-corrected chi connectivity index (χ4v) is 1.43. The van der Waals surface area contributed by atoms with Crippen molar-refractivity contribution < 1.29 is 9.84 Å².